The standard InChI is InChI=1S/C12H27N3O/c1-5-6-7-9(8-13)15-11(16)10(14)12(2,3)4/h9-10H,5-8,13-14H2,1-4H3,(H,15,16)/t9?,10-/m1/s1. The van der Waals surface area contributed by atoms with Crippen molar-refractivity contribution in [2.24, 2.45) is 16.9 Å². The molecule has 96 valence electrons. The largest absolute Gasteiger partial charge is 0.351 e. The van der Waals surface area contributed by atoms with E-state index in [2.05, 4.69) is 12.2 Å². The van der Waals surface area contributed by atoms with Crippen LogP contribution in [0.15, 0.2) is 0 Å². The molecule has 0 aromatic heterocycles. The maximum atomic E-state index is 11.8. The fourth-order valence-electron chi connectivity index (χ4n) is 1.38. The molecule has 0 aliphatic carbocycles. The van der Waals surface area contributed by atoms with Crippen LogP contribution in [-0.4, -0.2) is 24.5 Å². The first-order valence-corrected chi connectivity index (χ1v) is 6.09. The second kappa shape index (κ2) is 6.86. The third-order valence-corrected chi connectivity index (χ3v) is 2.75. The van der Waals surface area contributed by atoms with Crippen LogP contribution in [0.5, 0.6) is 0 Å². The molecule has 2 atom stereocenters. The van der Waals surface area contributed by atoms with Crippen LogP contribution in [0.3, 0.4) is 0 Å². The normalized spacial score (nSPS) is 15.6. The van der Waals surface area contributed by atoms with Crippen molar-refractivity contribution in [2.45, 2.75) is 59.0 Å². The number of nitrogens with two attached hydrogens (primary N) is 2. The van der Waals surface area contributed by atoms with Crippen molar-refractivity contribution >= 4 is 5.91 Å². The van der Waals surface area contributed by atoms with E-state index in [0.29, 0.717) is 6.54 Å². The van der Waals surface area contributed by atoms with Crippen LogP contribution in [0.2, 0.25) is 0 Å². The van der Waals surface area contributed by atoms with Crippen LogP contribution in [0.4, 0.5) is 0 Å². The average molecular weight is 229 g/mol. The molecule has 0 radical (unpaired) electrons. The van der Waals surface area contributed by atoms with Crippen LogP contribution in [0.25, 0.3) is 0 Å². The number of carbonyl (C=O) groups is 1. The lowest BCUT2D eigenvalue weighted by Gasteiger charge is -2.28. The average Bonchev–Trinajstić information content (AvgIpc) is 2.21. The number of unbranched alkanes of at least 4 members (excludes halogenated alkanes) is 1. The van der Waals surface area contributed by atoms with Crippen LogP contribution in [0, 0.1) is 5.41 Å². The maximum Gasteiger partial charge on any atom is 0.237 e. The zero-order valence-corrected chi connectivity index (χ0v) is 11.0. The van der Waals surface area contributed by atoms with E-state index < -0.39 is 6.04 Å². The van der Waals surface area contributed by atoms with E-state index in [0.717, 1.165) is 19.3 Å². The van der Waals surface area contributed by atoms with Gasteiger partial charge in [-0.3, -0.25) is 4.79 Å². The first-order valence-electron chi connectivity index (χ1n) is 6.09. The van der Waals surface area contributed by atoms with Crippen molar-refractivity contribution in [1.82, 2.24) is 5.32 Å². The minimum Gasteiger partial charge on any atom is -0.351 e. The molecule has 4 nitrogen and oxygen atoms in total. The molecule has 16 heavy (non-hydrogen) atoms. The third kappa shape index (κ3) is 5.47. The van der Waals surface area contributed by atoms with Gasteiger partial charge < -0.3 is 16.8 Å². The van der Waals surface area contributed by atoms with Crippen LogP contribution < -0.4 is 16.8 Å². The molecular weight excluding hydrogens is 202 g/mol. The van der Waals surface area contributed by atoms with E-state index in [1.807, 2.05) is 20.8 Å². The van der Waals surface area contributed by atoms with Gasteiger partial charge >= 0.3 is 0 Å². The van der Waals surface area contributed by atoms with Crippen LogP contribution in [-0.2, 0) is 4.79 Å². The van der Waals surface area contributed by atoms with E-state index in [9.17, 15) is 4.79 Å². The van der Waals surface area contributed by atoms with Gasteiger partial charge in [0, 0.05) is 12.6 Å². The van der Waals surface area contributed by atoms with Crippen molar-refractivity contribution in [3.05, 3.63) is 0 Å². The Balaban J connectivity index is 4.19. The summed E-state index contributed by atoms with van der Waals surface area (Å²) in [5.74, 6) is -0.0981. The fraction of sp³-hybridized carbons (Fsp3) is 0.917. The molecule has 0 aromatic rings. The Morgan fingerprint density at radius 2 is 1.94 bits per heavy atom. The lowest BCUT2D eigenvalue weighted by molar-refractivity contribution is -0.125. The third-order valence-electron chi connectivity index (χ3n) is 2.75. The highest BCUT2D eigenvalue weighted by molar-refractivity contribution is 5.82. The monoisotopic (exact) mass is 229 g/mol. The predicted octanol–water partition coefficient (Wildman–Crippen LogP) is 0.994. The smallest absolute Gasteiger partial charge is 0.237 e. The summed E-state index contributed by atoms with van der Waals surface area (Å²) in [5.41, 5.74) is 11.3. The van der Waals surface area contributed by atoms with Crippen LogP contribution >= 0.6 is 0 Å². The summed E-state index contributed by atoms with van der Waals surface area (Å²) < 4.78 is 0. The summed E-state index contributed by atoms with van der Waals surface area (Å²) in [6.07, 6.45) is 3.11. The quantitative estimate of drug-likeness (QED) is 0.635. The van der Waals surface area contributed by atoms with Gasteiger partial charge in [-0.15, -0.1) is 0 Å². The molecule has 0 spiro atoms. The highest BCUT2D eigenvalue weighted by Gasteiger charge is 2.28. The molecule has 0 saturated heterocycles. The molecule has 0 heterocycles. The van der Waals surface area contributed by atoms with Gasteiger partial charge in [-0.05, 0) is 11.8 Å². The zero-order chi connectivity index (χ0) is 12.8. The molecule has 0 aromatic carbocycles. The molecule has 5 N–H and O–H groups in total. The molecule has 0 aliphatic rings. The summed E-state index contributed by atoms with van der Waals surface area (Å²) in [5, 5.41) is 2.92. The molecule has 0 rings (SSSR count). The minimum atomic E-state index is -0.483. The predicted molar refractivity (Wildman–Crippen MR) is 67.9 cm³/mol. The van der Waals surface area contributed by atoms with Gasteiger partial charge in [0.25, 0.3) is 0 Å². The van der Waals surface area contributed by atoms with E-state index >= 15 is 0 Å². The van der Waals surface area contributed by atoms with Crippen molar-refractivity contribution in [3.8, 4) is 0 Å². The Morgan fingerprint density at radius 1 is 1.38 bits per heavy atom. The number of hydrogen-bond donors (Lipinski definition) is 3. The molecule has 1 amide bonds. The summed E-state index contributed by atoms with van der Waals surface area (Å²) >= 11 is 0. The number of amides is 1. The van der Waals surface area contributed by atoms with Gasteiger partial charge in [-0.1, -0.05) is 40.5 Å². The fourth-order valence-corrected chi connectivity index (χ4v) is 1.38. The summed E-state index contributed by atoms with van der Waals surface area (Å²) in [4.78, 5) is 11.8. The highest BCUT2D eigenvalue weighted by Crippen LogP contribution is 2.17. The highest BCUT2D eigenvalue weighted by atomic mass is 16.2. The number of carbonyl (C=O) groups excluding carboxylic acids is 1. The molecule has 0 aliphatic heterocycles. The first kappa shape index (κ1) is 15.4. The van der Waals surface area contributed by atoms with E-state index in [4.69, 9.17) is 11.5 Å². The lowest BCUT2D eigenvalue weighted by Crippen LogP contribution is -2.52. The van der Waals surface area contributed by atoms with Crippen molar-refractivity contribution in [1.29, 1.82) is 0 Å². The Morgan fingerprint density at radius 3 is 2.31 bits per heavy atom. The Labute approximate surface area is 99.1 Å². The Bertz CT molecular complexity index is 211. The summed E-state index contributed by atoms with van der Waals surface area (Å²) in [7, 11) is 0. The Hall–Kier alpha value is -0.610. The van der Waals surface area contributed by atoms with Gasteiger partial charge in [0.2, 0.25) is 5.91 Å². The molecule has 0 fully saturated rings. The van der Waals surface area contributed by atoms with Crippen LogP contribution in [0.1, 0.15) is 47.0 Å². The number of hydrogen-bond acceptors (Lipinski definition) is 3. The van der Waals surface area contributed by atoms with Gasteiger partial charge in [-0.25, -0.2) is 0 Å². The second-order valence-electron chi connectivity index (χ2n) is 5.43. The van der Waals surface area contributed by atoms with E-state index in [1.165, 1.54) is 0 Å². The second-order valence-corrected chi connectivity index (χ2v) is 5.43. The molecular formula is C12H27N3O. The number of nitrogens with one attached hydrogen (secondary N) is 1. The van der Waals surface area contributed by atoms with Crippen molar-refractivity contribution in [3.63, 3.8) is 0 Å². The van der Waals surface area contributed by atoms with Gasteiger partial charge in [0.15, 0.2) is 0 Å². The minimum absolute atomic E-state index is 0.0563. The van der Waals surface area contributed by atoms with Crippen molar-refractivity contribution in [2.75, 3.05) is 6.54 Å². The van der Waals surface area contributed by atoms with E-state index in [1.54, 1.807) is 0 Å². The zero-order valence-electron chi connectivity index (χ0n) is 11.0. The van der Waals surface area contributed by atoms with Gasteiger partial charge in [0.1, 0.15) is 0 Å². The van der Waals surface area contributed by atoms with E-state index in [-0.39, 0.29) is 17.4 Å². The number of rotatable bonds is 6. The van der Waals surface area contributed by atoms with Gasteiger partial charge in [0.05, 0.1) is 6.04 Å². The molecule has 0 saturated carbocycles. The summed E-state index contributed by atoms with van der Waals surface area (Å²) in [6, 6.07) is -0.427. The molecule has 4 heteroatoms. The molecule has 1 unspecified atom stereocenters. The topological polar surface area (TPSA) is 81.1 Å². The van der Waals surface area contributed by atoms with Gasteiger partial charge in [-0.2, -0.15) is 0 Å². The first-order chi connectivity index (χ1) is 7.32. The SMILES string of the molecule is CCCCC(CN)NC(=O)[C@@H](N)C(C)(C)C. The Kier molecular flexibility index (Phi) is 6.60. The lowest BCUT2D eigenvalue weighted by atomic mass is 9.86. The van der Waals surface area contributed by atoms with Crippen molar-refractivity contribution < 1.29 is 4.79 Å². The molecule has 0 bridgehead atoms. The maximum absolute atomic E-state index is 11.8. The summed E-state index contributed by atoms with van der Waals surface area (Å²) in [6.45, 7) is 8.47.